The van der Waals surface area contributed by atoms with Gasteiger partial charge in [-0.2, -0.15) is 13.2 Å². The second-order valence-corrected chi connectivity index (χ2v) is 6.12. The Labute approximate surface area is 165 Å². The molecule has 0 spiro atoms. The molecule has 0 heterocycles. The van der Waals surface area contributed by atoms with Crippen molar-refractivity contribution in [2.45, 2.75) is 24.7 Å². The zero-order valence-corrected chi connectivity index (χ0v) is 15.7. The van der Waals surface area contributed by atoms with Crippen LogP contribution in [0.2, 0.25) is 0 Å². The monoisotopic (exact) mass is 411 g/mol. The van der Waals surface area contributed by atoms with Gasteiger partial charge in [-0.1, -0.05) is 30.3 Å². The number of aliphatic hydroxyl groups is 1. The van der Waals surface area contributed by atoms with Gasteiger partial charge in [-0.05, 0) is 29.3 Å². The Balaban J connectivity index is 2.16. The molecule has 0 bridgehead atoms. The molecule has 0 saturated heterocycles. The summed E-state index contributed by atoms with van der Waals surface area (Å²) in [5, 5.41) is 12.6. The van der Waals surface area contributed by atoms with E-state index in [0.29, 0.717) is 11.3 Å². The first-order valence-corrected chi connectivity index (χ1v) is 8.52. The SMILES string of the molecule is COC(=O)[C@H](Cc1ccccc1OC)NC(=O)[C@@H](O)c1ccc(C(F)(F)F)cc1. The third-order valence-corrected chi connectivity index (χ3v) is 4.22. The predicted octanol–water partition coefficient (Wildman–Crippen LogP) is 2.65. The third-order valence-electron chi connectivity index (χ3n) is 4.22. The number of carbonyl (C=O) groups excluding carboxylic acids is 2. The molecule has 0 aliphatic rings. The van der Waals surface area contributed by atoms with Gasteiger partial charge in [0, 0.05) is 6.42 Å². The van der Waals surface area contributed by atoms with Gasteiger partial charge in [0.15, 0.2) is 6.10 Å². The summed E-state index contributed by atoms with van der Waals surface area (Å²) in [5.41, 5.74) is -0.330. The van der Waals surface area contributed by atoms with Crippen LogP contribution >= 0.6 is 0 Å². The zero-order chi connectivity index (χ0) is 21.6. The first kappa shape index (κ1) is 22.2. The van der Waals surface area contributed by atoms with E-state index in [-0.39, 0.29) is 12.0 Å². The maximum atomic E-state index is 12.6. The fraction of sp³-hybridized carbons (Fsp3) is 0.300. The van der Waals surface area contributed by atoms with Crippen molar-refractivity contribution < 1.29 is 37.3 Å². The standard InChI is InChI=1S/C20H20F3NO5/c1-28-16-6-4-3-5-13(16)11-15(19(27)29-2)24-18(26)17(25)12-7-9-14(10-8-12)20(21,22)23/h3-10,15,17,25H,11H2,1-2H3,(H,24,26)/t15-,17-/m0/s1. The summed E-state index contributed by atoms with van der Waals surface area (Å²) in [7, 11) is 2.61. The minimum atomic E-state index is -4.53. The molecule has 2 aromatic rings. The highest BCUT2D eigenvalue weighted by Gasteiger charge is 2.31. The Kier molecular flexibility index (Phi) is 7.22. The molecule has 2 N–H and O–H groups in total. The number of rotatable bonds is 7. The van der Waals surface area contributed by atoms with Crippen molar-refractivity contribution in [3.05, 3.63) is 65.2 Å². The van der Waals surface area contributed by atoms with E-state index in [1.54, 1.807) is 24.3 Å². The summed E-state index contributed by atoms with van der Waals surface area (Å²) in [6.45, 7) is 0. The van der Waals surface area contributed by atoms with Crippen LogP contribution in [0.5, 0.6) is 5.75 Å². The lowest BCUT2D eigenvalue weighted by atomic mass is 10.0. The molecule has 0 aliphatic carbocycles. The fourth-order valence-corrected chi connectivity index (χ4v) is 2.68. The van der Waals surface area contributed by atoms with Crippen molar-refractivity contribution in [3.8, 4) is 5.75 Å². The summed E-state index contributed by atoms with van der Waals surface area (Å²) in [6.07, 6.45) is -6.26. The molecule has 0 radical (unpaired) electrons. The van der Waals surface area contributed by atoms with Gasteiger partial charge >= 0.3 is 12.1 Å². The summed E-state index contributed by atoms with van der Waals surface area (Å²) in [5.74, 6) is -1.20. The van der Waals surface area contributed by atoms with Crippen LogP contribution in [0.1, 0.15) is 22.8 Å². The van der Waals surface area contributed by atoms with Gasteiger partial charge in [-0.3, -0.25) is 4.79 Å². The summed E-state index contributed by atoms with van der Waals surface area (Å²) in [6, 6.07) is 9.24. The maximum absolute atomic E-state index is 12.6. The van der Waals surface area contributed by atoms with Gasteiger partial charge in [0.1, 0.15) is 11.8 Å². The fourth-order valence-electron chi connectivity index (χ4n) is 2.68. The van der Waals surface area contributed by atoms with Crippen molar-refractivity contribution in [3.63, 3.8) is 0 Å². The van der Waals surface area contributed by atoms with Crippen LogP contribution in [0.25, 0.3) is 0 Å². The lowest BCUT2D eigenvalue weighted by Crippen LogP contribution is -2.45. The molecular formula is C20H20F3NO5. The Morgan fingerprint density at radius 3 is 2.24 bits per heavy atom. The molecule has 29 heavy (non-hydrogen) atoms. The van der Waals surface area contributed by atoms with Gasteiger partial charge in [0.25, 0.3) is 5.91 Å². The van der Waals surface area contributed by atoms with Crippen LogP contribution in [0, 0.1) is 0 Å². The molecule has 1 amide bonds. The average molecular weight is 411 g/mol. The van der Waals surface area contributed by atoms with E-state index in [0.717, 1.165) is 31.4 Å². The highest BCUT2D eigenvalue weighted by atomic mass is 19.4. The quantitative estimate of drug-likeness (QED) is 0.685. The van der Waals surface area contributed by atoms with E-state index in [4.69, 9.17) is 9.47 Å². The molecule has 0 unspecified atom stereocenters. The van der Waals surface area contributed by atoms with Crippen molar-refractivity contribution >= 4 is 11.9 Å². The molecule has 0 aromatic heterocycles. The van der Waals surface area contributed by atoms with Crippen molar-refractivity contribution in [1.29, 1.82) is 0 Å². The second-order valence-electron chi connectivity index (χ2n) is 6.12. The Morgan fingerprint density at radius 1 is 1.07 bits per heavy atom. The summed E-state index contributed by atoms with van der Waals surface area (Å²) in [4.78, 5) is 24.5. The number of alkyl halides is 3. The zero-order valence-electron chi connectivity index (χ0n) is 15.7. The molecule has 2 atom stereocenters. The summed E-state index contributed by atoms with van der Waals surface area (Å²) >= 11 is 0. The molecular weight excluding hydrogens is 391 g/mol. The van der Waals surface area contributed by atoms with E-state index in [9.17, 15) is 27.9 Å². The van der Waals surface area contributed by atoms with Gasteiger partial charge in [0.05, 0.1) is 19.8 Å². The minimum Gasteiger partial charge on any atom is -0.496 e. The molecule has 9 heteroatoms. The number of esters is 1. The molecule has 0 fully saturated rings. The molecule has 6 nitrogen and oxygen atoms in total. The average Bonchev–Trinajstić information content (AvgIpc) is 2.71. The van der Waals surface area contributed by atoms with Gasteiger partial charge in [-0.25, -0.2) is 4.79 Å². The Bertz CT molecular complexity index is 852. The smallest absolute Gasteiger partial charge is 0.416 e. The van der Waals surface area contributed by atoms with Crippen molar-refractivity contribution in [2.24, 2.45) is 0 Å². The second kappa shape index (κ2) is 9.42. The maximum Gasteiger partial charge on any atom is 0.416 e. The van der Waals surface area contributed by atoms with E-state index in [2.05, 4.69) is 5.32 Å². The van der Waals surface area contributed by atoms with E-state index in [1.165, 1.54) is 7.11 Å². The first-order chi connectivity index (χ1) is 13.7. The number of carbonyl (C=O) groups is 2. The number of methoxy groups -OCH3 is 2. The topological polar surface area (TPSA) is 84.9 Å². The number of hydrogen-bond acceptors (Lipinski definition) is 5. The number of ether oxygens (including phenoxy) is 2. The molecule has 156 valence electrons. The highest BCUT2D eigenvalue weighted by molar-refractivity contribution is 5.87. The number of benzene rings is 2. The normalized spacial score (nSPS) is 13.3. The van der Waals surface area contributed by atoms with Crippen LogP contribution in [-0.2, 0) is 26.9 Å². The van der Waals surface area contributed by atoms with Crippen LogP contribution in [0.15, 0.2) is 48.5 Å². The van der Waals surface area contributed by atoms with Gasteiger partial charge < -0.3 is 19.9 Å². The predicted molar refractivity (Wildman–Crippen MR) is 97.0 cm³/mol. The number of aliphatic hydroxyl groups excluding tert-OH is 1. The Morgan fingerprint density at radius 2 is 1.69 bits per heavy atom. The van der Waals surface area contributed by atoms with Gasteiger partial charge in [-0.15, -0.1) is 0 Å². The largest absolute Gasteiger partial charge is 0.496 e. The van der Waals surface area contributed by atoms with Crippen LogP contribution < -0.4 is 10.1 Å². The minimum absolute atomic E-state index is 0.0299. The first-order valence-electron chi connectivity index (χ1n) is 8.52. The van der Waals surface area contributed by atoms with E-state index in [1.807, 2.05) is 0 Å². The number of hydrogen-bond donors (Lipinski definition) is 2. The van der Waals surface area contributed by atoms with E-state index >= 15 is 0 Å². The highest BCUT2D eigenvalue weighted by Crippen LogP contribution is 2.30. The lowest BCUT2D eigenvalue weighted by molar-refractivity contribution is -0.146. The lowest BCUT2D eigenvalue weighted by Gasteiger charge is -2.20. The van der Waals surface area contributed by atoms with Gasteiger partial charge in [0.2, 0.25) is 0 Å². The molecule has 2 aromatic carbocycles. The molecule has 0 saturated carbocycles. The van der Waals surface area contributed by atoms with Crippen molar-refractivity contribution in [2.75, 3.05) is 14.2 Å². The molecule has 0 aliphatic heterocycles. The van der Waals surface area contributed by atoms with Crippen LogP contribution in [-0.4, -0.2) is 37.2 Å². The number of para-hydroxylation sites is 1. The summed E-state index contributed by atoms with van der Waals surface area (Å²) < 4.78 is 47.8. The Hall–Kier alpha value is -3.07. The van der Waals surface area contributed by atoms with E-state index < -0.39 is 35.8 Å². The number of nitrogens with one attached hydrogen (secondary N) is 1. The van der Waals surface area contributed by atoms with Crippen LogP contribution in [0.3, 0.4) is 0 Å². The van der Waals surface area contributed by atoms with Crippen LogP contribution in [0.4, 0.5) is 13.2 Å². The number of halogens is 3. The molecule has 2 rings (SSSR count). The third kappa shape index (κ3) is 5.71. The number of amides is 1. The van der Waals surface area contributed by atoms with Crippen molar-refractivity contribution in [1.82, 2.24) is 5.32 Å².